The maximum atomic E-state index is 13.9. The van der Waals surface area contributed by atoms with Gasteiger partial charge in [-0.3, -0.25) is 4.79 Å². The van der Waals surface area contributed by atoms with Crippen LogP contribution in [0.4, 0.5) is 11.6 Å². The fraction of sp³-hybridized carbons (Fsp3) is 0.300. The van der Waals surface area contributed by atoms with Gasteiger partial charge in [-0.05, 0) is 55.7 Å². The fourth-order valence-electron chi connectivity index (χ4n) is 5.04. The van der Waals surface area contributed by atoms with E-state index in [9.17, 15) is 9.59 Å². The number of pyridine rings is 2. The molecule has 1 saturated heterocycles. The molecule has 4 rings (SSSR count). The van der Waals surface area contributed by atoms with E-state index in [-0.39, 0.29) is 23.7 Å². The van der Waals surface area contributed by atoms with Gasteiger partial charge < -0.3 is 15.5 Å². The van der Waals surface area contributed by atoms with Crippen LogP contribution in [0.1, 0.15) is 27.7 Å². The molecular weight excluding hydrogens is 526 g/mol. The van der Waals surface area contributed by atoms with Gasteiger partial charge in [0.25, 0.3) is 0 Å². The Morgan fingerprint density at radius 1 is 1.23 bits per heavy atom. The van der Waals surface area contributed by atoms with E-state index in [2.05, 4.69) is 23.1 Å². The Labute approximate surface area is 239 Å². The fourth-order valence-corrected chi connectivity index (χ4v) is 5.30. The van der Waals surface area contributed by atoms with Gasteiger partial charge in [0.1, 0.15) is 11.6 Å². The van der Waals surface area contributed by atoms with Crippen molar-refractivity contribution in [3.05, 3.63) is 82.9 Å². The van der Waals surface area contributed by atoms with Crippen molar-refractivity contribution in [2.24, 2.45) is 5.92 Å². The van der Waals surface area contributed by atoms with Crippen molar-refractivity contribution >= 4 is 45.9 Å². The van der Waals surface area contributed by atoms with Crippen molar-refractivity contribution in [3.8, 4) is 11.3 Å². The topological polar surface area (TPSA) is 110 Å². The number of nitrogens with zero attached hydrogens (tertiary/aromatic N) is 6. The third kappa shape index (κ3) is 5.29. The largest absolute Gasteiger partial charge is 0.383 e. The lowest BCUT2D eigenvalue weighted by Crippen LogP contribution is -2.54. The van der Waals surface area contributed by atoms with Gasteiger partial charge >= 0.3 is 5.69 Å². The van der Waals surface area contributed by atoms with Gasteiger partial charge in [0.15, 0.2) is 5.65 Å². The van der Waals surface area contributed by atoms with Gasteiger partial charge in [0.2, 0.25) is 5.91 Å². The van der Waals surface area contributed by atoms with Crippen LogP contribution < -0.4 is 16.3 Å². The summed E-state index contributed by atoms with van der Waals surface area (Å²) in [5.41, 5.74) is 8.52. The molecule has 1 aliphatic heterocycles. The summed E-state index contributed by atoms with van der Waals surface area (Å²) in [7, 11) is 0. The second-order valence-electron chi connectivity index (χ2n) is 9.91. The van der Waals surface area contributed by atoms with Gasteiger partial charge in [-0.2, -0.15) is 4.98 Å². The summed E-state index contributed by atoms with van der Waals surface area (Å²) in [6, 6.07) is 5.19. The van der Waals surface area contributed by atoms with Gasteiger partial charge in [-0.25, -0.2) is 19.3 Å². The van der Waals surface area contributed by atoms with E-state index < -0.39 is 5.69 Å². The molecule has 1 fully saturated rings. The molecular formula is C30H34ClN7O2. The van der Waals surface area contributed by atoms with E-state index in [1.165, 1.54) is 10.6 Å². The Morgan fingerprint density at radius 2 is 1.98 bits per heavy atom. The second-order valence-corrected chi connectivity index (χ2v) is 10.3. The number of hydrogen-bond donors (Lipinski definition) is 1. The van der Waals surface area contributed by atoms with Crippen LogP contribution in [0, 0.1) is 5.92 Å². The summed E-state index contributed by atoms with van der Waals surface area (Å²) in [5, 5.41) is 0.943. The first-order chi connectivity index (χ1) is 19.1. The van der Waals surface area contributed by atoms with Gasteiger partial charge in [-0.1, -0.05) is 50.8 Å². The number of hydrogen-bond acceptors (Lipinski definition) is 7. The Kier molecular flexibility index (Phi) is 8.54. The summed E-state index contributed by atoms with van der Waals surface area (Å²) in [5.74, 6) is 0.671. The molecule has 0 radical (unpaired) electrons. The number of aromatic nitrogens is 4. The smallest absolute Gasteiger partial charge is 0.355 e. The number of carbonyl (C=O) groups is 1. The number of anilines is 2. The van der Waals surface area contributed by atoms with Crippen molar-refractivity contribution in [3.63, 3.8) is 0 Å². The number of halogens is 1. The number of nitrogen functional groups attached to an aromatic ring is 1. The minimum atomic E-state index is -0.493. The normalized spacial score (nSPS) is 16.5. The summed E-state index contributed by atoms with van der Waals surface area (Å²) in [4.78, 5) is 43.6. The number of fused-ring (bicyclic) bond motifs is 1. The Hall–Kier alpha value is -4.24. The number of amides is 1. The molecule has 0 unspecified atom stereocenters. The number of rotatable bonds is 7. The molecule has 4 heterocycles. The number of carbonyl (C=O) groups excluding carboxylic acids is 1. The monoisotopic (exact) mass is 559 g/mol. The van der Waals surface area contributed by atoms with E-state index in [0.717, 1.165) is 5.57 Å². The van der Waals surface area contributed by atoms with E-state index in [1.54, 1.807) is 35.4 Å². The van der Waals surface area contributed by atoms with Gasteiger partial charge in [0.05, 0.1) is 21.8 Å². The van der Waals surface area contributed by atoms with Crippen molar-refractivity contribution in [2.75, 3.05) is 30.3 Å². The highest BCUT2D eigenvalue weighted by molar-refractivity contribution is 6.34. The quantitative estimate of drug-likeness (QED) is 0.322. The van der Waals surface area contributed by atoms with Crippen LogP contribution in [0.3, 0.4) is 0 Å². The molecule has 0 spiro atoms. The number of nitrogens with two attached hydrogens (primary N) is 1. The highest BCUT2D eigenvalue weighted by atomic mass is 35.5. The zero-order chi connectivity index (χ0) is 29.1. The molecule has 9 nitrogen and oxygen atoms in total. The molecule has 40 heavy (non-hydrogen) atoms. The van der Waals surface area contributed by atoms with Crippen LogP contribution in [-0.4, -0.2) is 56.0 Å². The van der Waals surface area contributed by atoms with E-state index >= 15 is 0 Å². The van der Waals surface area contributed by atoms with E-state index in [0.29, 0.717) is 58.5 Å². The summed E-state index contributed by atoms with van der Waals surface area (Å²) in [6.07, 6.45) is 8.38. The molecule has 3 aromatic rings. The molecule has 1 atom stereocenters. The Morgan fingerprint density at radius 3 is 2.58 bits per heavy atom. The SMILES string of the molecule is C=CC(=O)N1CCN(c2nc(=O)n(C(/C=C\C)=C(/C=C)C(C)C)c3nc(-c4cccnc4N)c(Cl)cc23)[C@@H](C)C1. The van der Waals surface area contributed by atoms with Crippen molar-refractivity contribution in [1.82, 2.24) is 24.4 Å². The van der Waals surface area contributed by atoms with Gasteiger partial charge in [0, 0.05) is 37.4 Å². The highest BCUT2D eigenvalue weighted by Crippen LogP contribution is 2.36. The minimum absolute atomic E-state index is 0.0709. The molecule has 3 aromatic heterocycles. The third-order valence-electron chi connectivity index (χ3n) is 6.98. The standard InChI is InChI=1S/C30H34ClN7O2/c1-7-11-24(20(8-2)18(4)5)38-29-22(16-23(31)26(34-29)21-12-10-13-33-27(21)32)28(35-30(38)40)37-15-14-36(17-19(37)6)25(39)9-3/h7-13,16,18-19H,2-3,14-15,17H2,1,4-6H3,(H2,32,33)/b11-7-,24-20-/t19-/m0/s1. The lowest BCUT2D eigenvalue weighted by atomic mass is 10.0. The zero-order valence-corrected chi connectivity index (χ0v) is 24.0. The van der Waals surface area contributed by atoms with E-state index in [1.807, 2.05) is 44.7 Å². The maximum Gasteiger partial charge on any atom is 0.355 e. The average Bonchev–Trinajstić information content (AvgIpc) is 2.92. The van der Waals surface area contributed by atoms with Crippen molar-refractivity contribution < 1.29 is 4.79 Å². The lowest BCUT2D eigenvalue weighted by molar-refractivity contribution is -0.126. The summed E-state index contributed by atoms with van der Waals surface area (Å²) >= 11 is 6.83. The molecule has 2 N–H and O–H groups in total. The maximum absolute atomic E-state index is 13.9. The van der Waals surface area contributed by atoms with Crippen LogP contribution in [-0.2, 0) is 4.79 Å². The van der Waals surface area contributed by atoms with Crippen molar-refractivity contribution in [1.29, 1.82) is 0 Å². The zero-order valence-electron chi connectivity index (χ0n) is 23.3. The second kappa shape index (κ2) is 11.9. The predicted octanol–water partition coefficient (Wildman–Crippen LogP) is 4.94. The van der Waals surface area contributed by atoms with E-state index in [4.69, 9.17) is 22.3 Å². The first-order valence-corrected chi connectivity index (χ1v) is 13.5. The third-order valence-corrected chi connectivity index (χ3v) is 7.27. The Bertz CT molecular complexity index is 1610. The first kappa shape index (κ1) is 28.8. The summed E-state index contributed by atoms with van der Waals surface area (Å²) in [6.45, 7) is 16.9. The predicted molar refractivity (Wildman–Crippen MR) is 163 cm³/mol. The average molecular weight is 560 g/mol. The molecule has 1 amide bonds. The van der Waals surface area contributed by atoms with Crippen molar-refractivity contribution in [2.45, 2.75) is 33.7 Å². The summed E-state index contributed by atoms with van der Waals surface area (Å²) < 4.78 is 1.50. The molecule has 208 valence electrons. The molecule has 0 aromatic carbocycles. The number of allylic oxidation sites excluding steroid dienone is 5. The van der Waals surface area contributed by atoms with Crippen LogP contribution >= 0.6 is 11.6 Å². The molecule has 0 aliphatic carbocycles. The van der Waals surface area contributed by atoms with Crippen LogP contribution in [0.2, 0.25) is 5.02 Å². The van der Waals surface area contributed by atoms with Gasteiger partial charge in [-0.15, -0.1) is 0 Å². The molecule has 0 bridgehead atoms. The molecule has 1 aliphatic rings. The Balaban J connectivity index is 2.07. The first-order valence-electron chi connectivity index (χ1n) is 13.1. The molecule has 10 heteroatoms. The van der Waals surface area contributed by atoms with Crippen LogP contribution in [0.25, 0.3) is 28.0 Å². The lowest BCUT2D eigenvalue weighted by Gasteiger charge is -2.40. The molecule has 0 saturated carbocycles. The number of piperazine rings is 1. The highest BCUT2D eigenvalue weighted by Gasteiger charge is 2.30. The van der Waals surface area contributed by atoms with Crippen LogP contribution in [0.5, 0.6) is 0 Å². The van der Waals surface area contributed by atoms with Crippen LogP contribution in [0.15, 0.2) is 72.2 Å². The minimum Gasteiger partial charge on any atom is -0.383 e.